The molecule has 0 saturated carbocycles. The van der Waals surface area contributed by atoms with Crippen LogP contribution in [0.2, 0.25) is 0 Å². The average molecular weight is 272 g/mol. The molecule has 2 heterocycles. The molecule has 3 aromatic rings. The van der Waals surface area contributed by atoms with Crippen molar-refractivity contribution < 1.29 is 8.42 Å². The van der Waals surface area contributed by atoms with Crippen LogP contribution >= 0.6 is 0 Å². The SMILES string of the molecule is Cc1ccc(S(=O)(=O)c2cnc3[nH]ccc3c2)cc1. The molecule has 0 aliphatic heterocycles. The fourth-order valence-corrected chi connectivity index (χ4v) is 3.16. The number of H-pyrrole nitrogens is 1. The first kappa shape index (κ1) is 11.9. The highest BCUT2D eigenvalue weighted by atomic mass is 32.2. The lowest BCUT2D eigenvalue weighted by Gasteiger charge is -2.04. The third kappa shape index (κ3) is 2.02. The number of nitrogens with one attached hydrogen (secondary N) is 1. The molecule has 0 unspecified atom stereocenters. The Balaban J connectivity index is 2.15. The molecule has 0 aliphatic carbocycles. The summed E-state index contributed by atoms with van der Waals surface area (Å²) < 4.78 is 24.9. The summed E-state index contributed by atoms with van der Waals surface area (Å²) >= 11 is 0. The first-order chi connectivity index (χ1) is 9.07. The van der Waals surface area contributed by atoms with Crippen molar-refractivity contribution in [2.75, 3.05) is 0 Å². The van der Waals surface area contributed by atoms with Gasteiger partial charge in [-0.15, -0.1) is 0 Å². The average Bonchev–Trinajstić information content (AvgIpc) is 2.86. The van der Waals surface area contributed by atoms with Crippen LogP contribution in [0.5, 0.6) is 0 Å². The summed E-state index contributed by atoms with van der Waals surface area (Å²) in [6, 6.07) is 10.2. The first-order valence-corrected chi connectivity index (χ1v) is 7.30. The predicted octanol–water partition coefficient (Wildman–Crippen LogP) is 2.70. The van der Waals surface area contributed by atoms with Crippen molar-refractivity contribution in [3.63, 3.8) is 0 Å². The molecule has 0 fully saturated rings. The number of nitrogens with zero attached hydrogens (tertiary/aromatic N) is 1. The van der Waals surface area contributed by atoms with Crippen LogP contribution in [0.15, 0.2) is 58.6 Å². The highest BCUT2D eigenvalue weighted by Gasteiger charge is 2.18. The summed E-state index contributed by atoms with van der Waals surface area (Å²) in [5, 5.41) is 0.785. The van der Waals surface area contributed by atoms with E-state index >= 15 is 0 Å². The third-order valence-corrected chi connectivity index (χ3v) is 4.75. The van der Waals surface area contributed by atoms with Crippen LogP contribution in [-0.2, 0) is 9.84 Å². The van der Waals surface area contributed by atoms with Crippen molar-refractivity contribution in [2.24, 2.45) is 0 Å². The second-order valence-electron chi connectivity index (χ2n) is 4.40. The van der Waals surface area contributed by atoms with Gasteiger partial charge >= 0.3 is 0 Å². The van der Waals surface area contributed by atoms with E-state index in [4.69, 9.17) is 0 Å². The van der Waals surface area contributed by atoms with Crippen LogP contribution in [-0.4, -0.2) is 18.4 Å². The van der Waals surface area contributed by atoms with Crippen LogP contribution in [0.1, 0.15) is 5.56 Å². The van der Waals surface area contributed by atoms with E-state index in [0.29, 0.717) is 5.65 Å². The van der Waals surface area contributed by atoms with Crippen molar-refractivity contribution >= 4 is 20.9 Å². The minimum atomic E-state index is -3.50. The van der Waals surface area contributed by atoms with Gasteiger partial charge in [-0.1, -0.05) is 17.7 Å². The fraction of sp³-hybridized carbons (Fsp3) is 0.0714. The van der Waals surface area contributed by atoms with Gasteiger partial charge in [0.05, 0.1) is 9.79 Å². The Morgan fingerprint density at radius 3 is 2.53 bits per heavy atom. The maximum Gasteiger partial charge on any atom is 0.208 e. The summed E-state index contributed by atoms with van der Waals surface area (Å²) in [6.07, 6.45) is 3.12. The van der Waals surface area contributed by atoms with Gasteiger partial charge in [-0.25, -0.2) is 13.4 Å². The number of fused-ring (bicyclic) bond motifs is 1. The van der Waals surface area contributed by atoms with Gasteiger partial charge in [-0.05, 0) is 31.2 Å². The Morgan fingerprint density at radius 2 is 1.79 bits per heavy atom. The maximum absolute atomic E-state index is 12.5. The quantitative estimate of drug-likeness (QED) is 0.780. The largest absolute Gasteiger partial charge is 0.346 e. The molecule has 5 heteroatoms. The van der Waals surface area contributed by atoms with E-state index in [-0.39, 0.29) is 9.79 Å². The van der Waals surface area contributed by atoms with Gasteiger partial charge in [0.25, 0.3) is 0 Å². The lowest BCUT2D eigenvalue weighted by atomic mass is 10.2. The van der Waals surface area contributed by atoms with Crippen LogP contribution in [0.4, 0.5) is 0 Å². The van der Waals surface area contributed by atoms with E-state index in [2.05, 4.69) is 9.97 Å². The summed E-state index contributed by atoms with van der Waals surface area (Å²) in [5.74, 6) is 0. The monoisotopic (exact) mass is 272 g/mol. The number of pyridine rings is 1. The molecule has 19 heavy (non-hydrogen) atoms. The van der Waals surface area contributed by atoms with Crippen molar-refractivity contribution in [3.05, 3.63) is 54.4 Å². The lowest BCUT2D eigenvalue weighted by Crippen LogP contribution is -2.02. The Labute approximate surface area is 111 Å². The van der Waals surface area contributed by atoms with E-state index in [0.717, 1.165) is 10.9 Å². The van der Waals surface area contributed by atoms with E-state index in [1.54, 1.807) is 42.6 Å². The molecule has 0 saturated heterocycles. The van der Waals surface area contributed by atoms with Crippen molar-refractivity contribution in [3.8, 4) is 0 Å². The molecule has 0 spiro atoms. The van der Waals surface area contributed by atoms with E-state index in [1.165, 1.54) is 6.20 Å². The standard InChI is InChI=1S/C14H12N2O2S/c1-10-2-4-12(5-3-10)19(17,18)13-8-11-6-7-15-14(11)16-9-13/h2-9H,1H3,(H,15,16). The number of rotatable bonds is 2. The molecule has 2 aromatic heterocycles. The highest BCUT2D eigenvalue weighted by molar-refractivity contribution is 7.91. The summed E-state index contributed by atoms with van der Waals surface area (Å²) in [6.45, 7) is 1.92. The Hall–Kier alpha value is -2.14. The Bertz CT molecular complexity index is 833. The zero-order valence-corrected chi connectivity index (χ0v) is 11.1. The summed E-state index contributed by atoms with van der Waals surface area (Å²) in [7, 11) is -3.50. The highest BCUT2D eigenvalue weighted by Crippen LogP contribution is 2.23. The van der Waals surface area contributed by atoms with Crippen molar-refractivity contribution in [1.29, 1.82) is 0 Å². The number of aromatic nitrogens is 2. The van der Waals surface area contributed by atoms with Crippen molar-refractivity contribution in [1.82, 2.24) is 9.97 Å². The zero-order chi connectivity index (χ0) is 13.5. The lowest BCUT2D eigenvalue weighted by molar-refractivity contribution is 0.596. The van der Waals surface area contributed by atoms with Crippen LogP contribution in [0, 0.1) is 6.92 Å². The van der Waals surface area contributed by atoms with Crippen LogP contribution < -0.4 is 0 Å². The van der Waals surface area contributed by atoms with E-state index in [9.17, 15) is 8.42 Å². The second kappa shape index (κ2) is 4.20. The van der Waals surface area contributed by atoms with Gasteiger partial charge in [-0.2, -0.15) is 0 Å². The minimum Gasteiger partial charge on any atom is -0.346 e. The van der Waals surface area contributed by atoms with Gasteiger partial charge in [0, 0.05) is 17.8 Å². The van der Waals surface area contributed by atoms with Gasteiger partial charge in [0.1, 0.15) is 5.65 Å². The molecular weight excluding hydrogens is 260 g/mol. The maximum atomic E-state index is 12.5. The zero-order valence-electron chi connectivity index (χ0n) is 10.3. The molecule has 96 valence electrons. The molecule has 0 aliphatic rings. The Kier molecular flexibility index (Phi) is 2.64. The molecule has 0 atom stereocenters. The minimum absolute atomic E-state index is 0.212. The fourth-order valence-electron chi connectivity index (χ4n) is 1.92. The van der Waals surface area contributed by atoms with Crippen LogP contribution in [0.25, 0.3) is 11.0 Å². The van der Waals surface area contributed by atoms with Gasteiger partial charge in [-0.3, -0.25) is 0 Å². The summed E-state index contributed by atoms with van der Waals surface area (Å²) in [4.78, 5) is 7.55. The first-order valence-electron chi connectivity index (χ1n) is 5.82. The topological polar surface area (TPSA) is 62.8 Å². The smallest absolute Gasteiger partial charge is 0.208 e. The van der Waals surface area contributed by atoms with Gasteiger partial charge < -0.3 is 4.98 Å². The van der Waals surface area contributed by atoms with Crippen LogP contribution in [0.3, 0.4) is 0 Å². The number of hydrogen-bond acceptors (Lipinski definition) is 3. The number of sulfone groups is 1. The molecule has 1 N–H and O–H groups in total. The molecule has 1 aromatic carbocycles. The molecule has 0 amide bonds. The Morgan fingerprint density at radius 1 is 1.05 bits per heavy atom. The molecule has 3 rings (SSSR count). The number of aromatic amines is 1. The molecule has 0 radical (unpaired) electrons. The molecule has 0 bridgehead atoms. The number of aryl methyl sites for hydroxylation is 1. The van der Waals surface area contributed by atoms with E-state index in [1.807, 2.05) is 6.92 Å². The molecular formula is C14H12N2O2S. The van der Waals surface area contributed by atoms with E-state index < -0.39 is 9.84 Å². The van der Waals surface area contributed by atoms with Gasteiger partial charge in [0.15, 0.2) is 0 Å². The normalized spacial score (nSPS) is 11.8. The van der Waals surface area contributed by atoms with Gasteiger partial charge in [0.2, 0.25) is 9.84 Å². The number of benzene rings is 1. The summed E-state index contributed by atoms with van der Waals surface area (Å²) in [5.41, 5.74) is 1.71. The van der Waals surface area contributed by atoms with Crippen molar-refractivity contribution in [2.45, 2.75) is 16.7 Å². The predicted molar refractivity (Wildman–Crippen MR) is 72.7 cm³/mol. The number of hydrogen-bond donors (Lipinski definition) is 1. The molecule has 4 nitrogen and oxygen atoms in total. The third-order valence-electron chi connectivity index (χ3n) is 3.02. The second-order valence-corrected chi connectivity index (χ2v) is 6.35.